The van der Waals surface area contributed by atoms with Gasteiger partial charge in [-0.2, -0.15) is 0 Å². The molecule has 0 atom stereocenters. The maximum Gasteiger partial charge on any atom is 0.162 e. The molecule has 0 radical (unpaired) electrons. The van der Waals surface area contributed by atoms with Gasteiger partial charge in [0, 0.05) is 6.42 Å². The monoisotopic (exact) mass is 201 g/mol. The lowest BCUT2D eigenvalue weighted by molar-refractivity contribution is 0.140. The molecular formula is C10H13F2NO. The van der Waals surface area contributed by atoms with Crippen LogP contribution in [-0.2, 0) is 17.7 Å². The summed E-state index contributed by atoms with van der Waals surface area (Å²) in [6.45, 7) is 2.07. The smallest absolute Gasteiger partial charge is 0.162 e. The van der Waals surface area contributed by atoms with Crippen LogP contribution in [0.15, 0.2) is 12.1 Å². The Balaban J connectivity index is 2.95. The van der Waals surface area contributed by atoms with Crippen LogP contribution >= 0.6 is 0 Å². The molecule has 0 spiro atoms. The van der Waals surface area contributed by atoms with Gasteiger partial charge in [0.15, 0.2) is 11.6 Å². The predicted octanol–water partition coefficient (Wildman–Crippen LogP) is 1.96. The van der Waals surface area contributed by atoms with Crippen molar-refractivity contribution in [3.05, 3.63) is 34.9 Å². The molecule has 0 unspecified atom stereocenters. The standard InChI is InChI=1S/C10H13F2NO/c1-2-7-5-8(3-4-14-13)10(12)9(11)6-7/h5-6H,2-4,13H2,1H3. The molecule has 0 aliphatic heterocycles. The van der Waals surface area contributed by atoms with Crippen molar-refractivity contribution in [1.29, 1.82) is 0 Å². The van der Waals surface area contributed by atoms with Crippen LogP contribution in [0, 0.1) is 11.6 Å². The first-order valence-corrected chi connectivity index (χ1v) is 4.47. The van der Waals surface area contributed by atoms with E-state index in [2.05, 4.69) is 4.84 Å². The third-order valence-electron chi connectivity index (χ3n) is 2.06. The van der Waals surface area contributed by atoms with E-state index in [0.29, 0.717) is 12.0 Å². The molecule has 14 heavy (non-hydrogen) atoms. The van der Waals surface area contributed by atoms with Crippen LogP contribution in [0.1, 0.15) is 18.1 Å². The van der Waals surface area contributed by atoms with Gasteiger partial charge in [0.25, 0.3) is 0 Å². The van der Waals surface area contributed by atoms with Crippen LogP contribution in [0.25, 0.3) is 0 Å². The Morgan fingerprint density at radius 1 is 1.36 bits per heavy atom. The SMILES string of the molecule is CCc1cc(F)c(F)c(CCON)c1. The minimum Gasteiger partial charge on any atom is -0.304 e. The number of aryl methyl sites for hydroxylation is 1. The normalized spacial score (nSPS) is 10.6. The minimum atomic E-state index is -0.809. The Morgan fingerprint density at radius 3 is 2.64 bits per heavy atom. The first-order chi connectivity index (χ1) is 6.69. The molecule has 2 N–H and O–H groups in total. The molecule has 1 aromatic rings. The number of nitrogens with two attached hydrogens (primary N) is 1. The lowest BCUT2D eigenvalue weighted by Crippen LogP contribution is -2.06. The Kier molecular flexibility index (Phi) is 3.98. The number of rotatable bonds is 4. The summed E-state index contributed by atoms with van der Waals surface area (Å²) in [7, 11) is 0. The van der Waals surface area contributed by atoms with Crippen LogP contribution in [-0.4, -0.2) is 6.61 Å². The van der Waals surface area contributed by atoms with Crippen LogP contribution in [0.4, 0.5) is 8.78 Å². The average molecular weight is 201 g/mol. The summed E-state index contributed by atoms with van der Waals surface area (Å²) in [5.41, 5.74) is 1.09. The predicted molar refractivity (Wildman–Crippen MR) is 49.6 cm³/mol. The first-order valence-electron chi connectivity index (χ1n) is 4.47. The van der Waals surface area contributed by atoms with Gasteiger partial charge in [-0.25, -0.2) is 14.7 Å². The number of hydrogen-bond acceptors (Lipinski definition) is 2. The third-order valence-corrected chi connectivity index (χ3v) is 2.06. The van der Waals surface area contributed by atoms with Crippen molar-refractivity contribution in [3.63, 3.8) is 0 Å². The van der Waals surface area contributed by atoms with E-state index in [1.165, 1.54) is 6.07 Å². The van der Waals surface area contributed by atoms with Crippen LogP contribution in [0.3, 0.4) is 0 Å². The van der Waals surface area contributed by atoms with Crippen molar-refractivity contribution in [2.45, 2.75) is 19.8 Å². The second kappa shape index (κ2) is 5.02. The second-order valence-electron chi connectivity index (χ2n) is 3.03. The molecule has 0 aliphatic rings. The fourth-order valence-corrected chi connectivity index (χ4v) is 1.26. The molecule has 4 heteroatoms. The van der Waals surface area contributed by atoms with E-state index in [-0.39, 0.29) is 13.0 Å². The zero-order chi connectivity index (χ0) is 10.6. The zero-order valence-electron chi connectivity index (χ0n) is 8.02. The number of hydrogen-bond donors (Lipinski definition) is 1. The highest BCUT2D eigenvalue weighted by atomic mass is 19.2. The summed E-state index contributed by atoms with van der Waals surface area (Å²) in [6.07, 6.45) is 0.959. The van der Waals surface area contributed by atoms with Crippen molar-refractivity contribution >= 4 is 0 Å². The van der Waals surface area contributed by atoms with Gasteiger partial charge in [-0.05, 0) is 23.6 Å². The molecule has 0 amide bonds. The van der Waals surface area contributed by atoms with E-state index in [9.17, 15) is 8.78 Å². The average Bonchev–Trinajstić information content (AvgIpc) is 2.20. The van der Waals surface area contributed by atoms with Gasteiger partial charge < -0.3 is 4.84 Å². The van der Waals surface area contributed by atoms with Crippen molar-refractivity contribution in [2.24, 2.45) is 5.90 Å². The Morgan fingerprint density at radius 2 is 2.07 bits per heavy atom. The quantitative estimate of drug-likeness (QED) is 0.756. The fourth-order valence-electron chi connectivity index (χ4n) is 1.26. The van der Waals surface area contributed by atoms with Crippen LogP contribution in [0.5, 0.6) is 0 Å². The highest BCUT2D eigenvalue weighted by molar-refractivity contribution is 5.26. The molecule has 0 saturated carbocycles. The summed E-state index contributed by atoms with van der Waals surface area (Å²) in [4.78, 5) is 4.33. The fraction of sp³-hybridized carbons (Fsp3) is 0.400. The highest BCUT2D eigenvalue weighted by Gasteiger charge is 2.09. The largest absolute Gasteiger partial charge is 0.304 e. The van der Waals surface area contributed by atoms with Gasteiger partial charge in [-0.15, -0.1) is 0 Å². The molecular weight excluding hydrogens is 188 g/mol. The number of halogens is 2. The summed E-state index contributed by atoms with van der Waals surface area (Å²) in [5, 5.41) is 0. The summed E-state index contributed by atoms with van der Waals surface area (Å²) >= 11 is 0. The molecule has 0 aromatic heterocycles. The van der Waals surface area contributed by atoms with Gasteiger partial charge in [-0.1, -0.05) is 13.0 Å². The van der Waals surface area contributed by atoms with E-state index in [1.54, 1.807) is 6.07 Å². The topological polar surface area (TPSA) is 35.2 Å². The van der Waals surface area contributed by atoms with Gasteiger partial charge in [0.2, 0.25) is 0 Å². The Hall–Kier alpha value is -1.00. The Labute approximate surface area is 81.6 Å². The van der Waals surface area contributed by atoms with Gasteiger partial charge >= 0.3 is 0 Å². The van der Waals surface area contributed by atoms with Gasteiger partial charge in [0.05, 0.1) is 6.61 Å². The lowest BCUT2D eigenvalue weighted by atomic mass is 10.1. The Bertz CT molecular complexity index is 315. The highest BCUT2D eigenvalue weighted by Crippen LogP contribution is 2.16. The molecule has 1 rings (SSSR count). The molecule has 1 aromatic carbocycles. The van der Waals surface area contributed by atoms with Crippen molar-refractivity contribution < 1.29 is 13.6 Å². The molecule has 0 saturated heterocycles. The maximum atomic E-state index is 13.2. The van der Waals surface area contributed by atoms with E-state index in [0.717, 1.165) is 5.56 Å². The molecule has 2 nitrogen and oxygen atoms in total. The second-order valence-corrected chi connectivity index (χ2v) is 3.03. The van der Waals surface area contributed by atoms with Crippen LogP contribution < -0.4 is 5.90 Å². The third kappa shape index (κ3) is 2.49. The zero-order valence-corrected chi connectivity index (χ0v) is 8.02. The van der Waals surface area contributed by atoms with E-state index in [1.807, 2.05) is 6.92 Å². The molecule has 78 valence electrons. The summed E-state index contributed by atoms with van der Waals surface area (Å²) < 4.78 is 26.2. The molecule has 0 bridgehead atoms. The van der Waals surface area contributed by atoms with Gasteiger partial charge in [-0.3, -0.25) is 0 Å². The van der Waals surface area contributed by atoms with Crippen LogP contribution in [0.2, 0.25) is 0 Å². The van der Waals surface area contributed by atoms with E-state index >= 15 is 0 Å². The summed E-state index contributed by atoms with van der Waals surface area (Å²) in [5.74, 6) is 3.20. The van der Waals surface area contributed by atoms with E-state index in [4.69, 9.17) is 5.90 Å². The van der Waals surface area contributed by atoms with Gasteiger partial charge in [0.1, 0.15) is 0 Å². The first kappa shape index (κ1) is 11.1. The van der Waals surface area contributed by atoms with Crippen molar-refractivity contribution in [3.8, 4) is 0 Å². The van der Waals surface area contributed by atoms with E-state index < -0.39 is 11.6 Å². The molecule has 0 heterocycles. The molecule has 0 fully saturated rings. The summed E-state index contributed by atoms with van der Waals surface area (Å²) in [6, 6.07) is 2.85. The van der Waals surface area contributed by atoms with Crippen molar-refractivity contribution in [2.75, 3.05) is 6.61 Å². The maximum absolute atomic E-state index is 13.2. The van der Waals surface area contributed by atoms with Crippen molar-refractivity contribution in [1.82, 2.24) is 0 Å². The number of benzene rings is 1. The molecule has 0 aliphatic carbocycles. The minimum absolute atomic E-state index is 0.184. The lowest BCUT2D eigenvalue weighted by Gasteiger charge is -2.06.